The van der Waals surface area contributed by atoms with Crippen molar-refractivity contribution in [2.75, 3.05) is 11.9 Å². The Labute approximate surface area is 159 Å². The van der Waals surface area contributed by atoms with Crippen LogP contribution < -0.4 is 10.1 Å². The maximum atomic E-state index is 12.5. The smallest absolute Gasteiger partial charge is 0.244 e. The number of nitrogens with one attached hydrogen (secondary N) is 1. The highest BCUT2D eigenvalue weighted by Gasteiger charge is 2.48. The first-order valence-electron chi connectivity index (χ1n) is 10.0. The van der Waals surface area contributed by atoms with Gasteiger partial charge in [-0.15, -0.1) is 0 Å². The fourth-order valence-corrected chi connectivity index (χ4v) is 4.58. The number of para-hydroxylation sites is 2. The van der Waals surface area contributed by atoms with Crippen molar-refractivity contribution in [1.29, 1.82) is 0 Å². The van der Waals surface area contributed by atoms with Crippen LogP contribution in [0.1, 0.15) is 51.4 Å². The van der Waals surface area contributed by atoms with Gasteiger partial charge in [-0.25, -0.2) is 0 Å². The highest BCUT2D eigenvalue weighted by atomic mass is 16.5. The Kier molecular flexibility index (Phi) is 5.14. The monoisotopic (exact) mass is 370 g/mol. The van der Waals surface area contributed by atoms with Gasteiger partial charge in [0.15, 0.2) is 0 Å². The van der Waals surface area contributed by atoms with E-state index in [1.165, 1.54) is 12.8 Å². The molecule has 0 aromatic heterocycles. The van der Waals surface area contributed by atoms with Crippen molar-refractivity contribution in [3.05, 3.63) is 24.3 Å². The minimum absolute atomic E-state index is 0.185. The number of nitrogens with zero attached hydrogens (tertiary/aromatic N) is 1. The minimum atomic E-state index is -0.363. The lowest BCUT2D eigenvalue weighted by atomic mass is 9.81. The summed E-state index contributed by atoms with van der Waals surface area (Å²) < 4.78 is 6.03. The Morgan fingerprint density at radius 2 is 1.56 bits per heavy atom. The van der Waals surface area contributed by atoms with Crippen molar-refractivity contribution >= 4 is 23.4 Å². The van der Waals surface area contributed by atoms with E-state index in [1.807, 2.05) is 18.2 Å². The van der Waals surface area contributed by atoms with Crippen molar-refractivity contribution in [2.45, 2.75) is 57.5 Å². The number of rotatable bonds is 5. The highest BCUT2D eigenvalue weighted by Crippen LogP contribution is 2.38. The van der Waals surface area contributed by atoms with Crippen molar-refractivity contribution < 1.29 is 19.1 Å². The molecule has 2 atom stereocenters. The molecule has 2 aliphatic carbocycles. The summed E-state index contributed by atoms with van der Waals surface area (Å²) in [5, 5.41) is 2.82. The Balaban J connectivity index is 1.41. The standard InChI is InChI=1S/C21H26N2O4/c24-19(13-23-20(25)15-9-3-4-10-16(15)21(23)26)22-17-11-5-6-12-18(17)27-14-7-1-2-8-14/h5-6,11-12,14-16H,1-4,7-10,13H2,(H,22,24)/t15-,16-/m0/s1. The Bertz CT molecular complexity index is 717. The van der Waals surface area contributed by atoms with Gasteiger partial charge < -0.3 is 10.1 Å². The number of anilines is 1. The first-order chi connectivity index (χ1) is 13.1. The zero-order valence-electron chi connectivity index (χ0n) is 15.5. The van der Waals surface area contributed by atoms with Gasteiger partial charge in [-0.1, -0.05) is 25.0 Å². The van der Waals surface area contributed by atoms with E-state index in [0.717, 1.165) is 43.4 Å². The van der Waals surface area contributed by atoms with Gasteiger partial charge in [-0.2, -0.15) is 0 Å². The fraction of sp³-hybridized carbons (Fsp3) is 0.571. The number of benzene rings is 1. The van der Waals surface area contributed by atoms with Crippen LogP contribution in [0, 0.1) is 11.8 Å². The van der Waals surface area contributed by atoms with Crippen LogP contribution >= 0.6 is 0 Å². The van der Waals surface area contributed by atoms with Crippen LogP contribution in [0.4, 0.5) is 5.69 Å². The highest BCUT2D eigenvalue weighted by molar-refractivity contribution is 6.08. The van der Waals surface area contributed by atoms with Crippen molar-refractivity contribution in [2.24, 2.45) is 11.8 Å². The zero-order valence-corrected chi connectivity index (χ0v) is 15.5. The molecule has 144 valence electrons. The topological polar surface area (TPSA) is 75.7 Å². The van der Waals surface area contributed by atoms with Crippen LogP contribution in [0.15, 0.2) is 24.3 Å². The van der Waals surface area contributed by atoms with Gasteiger partial charge in [0.1, 0.15) is 12.3 Å². The minimum Gasteiger partial charge on any atom is -0.488 e. The fourth-order valence-electron chi connectivity index (χ4n) is 4.58. The molecule has 3 amide bonds. The lowest BCUT2D eigenvalue weighted by Crippen LogP contribution is -2.38. The summed E-state index contributed by atoms with van der Waals surface area (Å²) in [7, 11) is 0. The molecule has 2 saturated carbocycles. The van der Waals surface area contributed by atoms with Gasteiger partial charge in [0.25, 0.3) is 0 Å². The Hall–Kier alpha value is -2.37. The van der Waals surface area contributed by atoms with Gasteiger partial charge in [0.05, 0.1) is 23.6 Å². The molecule has 1 aliphatic heterocycles. The van der Waals surface area contributed by atoms with Crippen molar-refractivity contribution in [3.63, 3.8) is 0 Å². The van der Waals surface area contributed by atoms with E-state index < -0.39 is 0 Å². The molecule has 3 fully saturated rings. The average Bonchev–Trinajstić information content (AvgIpc) is 3.27. The third-order valence-electron chi connectivity index (χ3n) is 5.99. The van der Waals surface area contributed by atoms with Gasteiger partial charge >= 0.3 is 0 Å². The van der Waals surface area contributed by atoms with Crippen molar-refractivity contribution in [3.8, 4) is 5.75 Å². The first kappa shape index (κ1) is 18.0. The van der Waals surface area contributed by atoms with Crippen LogP contribution in [0.5, 0.6) is 5.75 Å². The second-order valence-electron chi connectivity index (χ2n) is 7.83. The molecule has 4 rings (SSSR count). The molecule has 1 saturated heterocycles. The number of ether oxygens (including phenoxy) is 1. The van der Waals surface area contributed by atoms with Gasteiger partial charge in [-0.3, -0.25) is 19.3 Å². The molecule has 6 nitrogen and oxygen atoms in total. The molecule has 27 heavy (non-hydrogen) atoms. The molecule has 0 bridgehead atoms. The second-order valence-corrected chi connectivity index (χ2v) is 7.83. The van der Waals surface area contributed by atoms with E-state index >= 15 is 0 Å². The number of likely N-dealkylation sites (tertiary alicyclic amines) is 1. The molecule has 6 heteroatoms. The summed E-state index contributed by atoms with van der Waals surface area (Å²) in [5.41, 5.74) is 0.589. The average molecular weight is 370 g/mol. The van der Waals surface area contributed by atoms with Gasteiger partial charge in [0, 0.05) is 0 Å². The number of amides is 3. The number of imide groups is 1. The number of carbonyl (C=O) groups excluding carboxylic acids is 3. The molecule has 1 aromatic rings. The lowest BCUT2D eigenvalue weighted by molar-refractivity contribution is -0.142. The van der Waals surface area contributed by atoms with E-state index in [2.05, 4.69) is 5.32 Å². The normalized spacial score (nSPS) is 25.6. The summed E-state index contributed by atoms with van der Waals surface area (Å²) >= 11 is 0. The molecular formula is C21H26N2O4. The number of fused-ring (bicyclic) bond motifs is 1. The van der Waals surface area contributed by atoms with E-state index in [4.69, 9.17) is 4.74 Å². The summed E-state index contributed by atoms with van der Waals surface area (Å²) in [6, 6.07) is 7.33. The van der Waals surface area contributed by atoms with E-state index in [9.17, 15) is 14.4 Å². The van der Waals surface area contributed by atoms with Crippen LogP contribution in [-0.4, -0.2) is 35.3 Å². The SMILES string of the molecule is O=C(CN1C(=O)[C@H]2CCCC[C@@H]2C1=O)Nc1ccccc1OC1CCCC1. The first-order valence-corrected chi connectivity index (χ1v) is 10.0. The molecule has 1 aromatic carbocycles. The Morgan fingerprint density at radius 1 is 0.963 bits per heavy atom. The third-order valence-corrected chi connectivity index (χ3v) is 5.99. The summed E-state index contributed by atoms with van der Waals surface area (Å²) in [5.74, 6) is -0.539. The number of hydrogen-bond acceptors (Lipinski definition) is 4. The van der Waals surface area contributed by atoms with Crippen molar-refractivity contribution in [1.82, 2.24) is 4.90 Å². The van der Waals surface area contributed by atoms with Crippen LogP contribution in [0.25, 0.3) is 0 Å². The molecule has 0 radical (unpaired) electrons. The molecule has 1 heterocycles. The Morgan fingerprint density at radius 3 is 2.22 bits per heavy atom. The maximum Gasteiger partial charge on any atom is 0.244 e. The quantitative estimate of drug-likeness (QED) is 0.808. The molecular weight excluding hydrogens is 344 g/mol. The largest absolute Gasteiger partial charge is 0.488 e. The van der Waals surface area contributed by atoms with E-state index in [0.29, 0.717) is 11.4 Å². The van der Waals surface area contributed by atoms with Crippen LogP contribution in [0.3, 0.4) is 0 Å². The van der Waals surface area contributed by atoms with E-state index in [-0.39, 0.29) is 42.2 Å². The number of hydrogen-bond donors (Lipinski definition) is 1. The molecule has 3 aliphatic rings. The predicted molar refractivity (Wildman–Crippen MR) is 100 cm³/mol. The third kappa shape index (κ3) is 3.70. The molecule has 0 spiro atoms. The van der Waals surface area contributed by atoms with Crippen LogP contribution in [-0.2, 0) is 14.4 Å². The van der Waals surface area contributed by atoms with E-state index in [1.54, 1.807) is 6.07 Å². The maximum absolute atomic E-state index is 12.5. The molecule has 0 unspecified atom stereocenters. The van der Waals surface area contributed by atoms with Gasteiger partial charge in [-0.05, 0) is 50.7 Å². The lowest BCUT2D eigenvalue weighted by Gasteiger charge is -2.19. The molecule has 1 N–H and O–H groups in total. The van der Waals surface area contributed by atoms with Crippen LogP contribution in [0.2, 0.25) is 0 Å². The summed E-state index contributed by atoms with van der Waals surface area (Å²) in [6.07, 6.45) is 8.05. The zero-order chi connectivity index (χ0) is 18.8. The van der Waals surface area contributed by atoms with Gasteiger partial charge in [0.2, 0.25) is 17.7 Å². The summed E-state index contributed by atoms with van der Waals surface area (Å²) in [6.45, 7) is -0.220. The predicted octanol–water partition coefficient (Wildman–Crippen LogP) is 3.12. The second kappa shape index (κ2) is 7.71. The summed E-state index contributed by atoms with van der Waals surface area (Å²) in [4.78, 5) is 38.8. The number of carbonyl (C=O) groups is 3.